The fourth-order valence-corrected chi connectivity index (χ4v) is 2.80. The van der Waals surface area contributed by atoms with E-state index in [1.54, 1.807) is 18.2 Å². The van der Waals surface area contributed by atoms with Gasteiger partial charge in [-0.2, -0.15) is 0 Å². The molecule has 20 heavy (non-hydrogen) atoms. The second-order valence-electron chi connectivity index (χ2n) is 5.32. The van der Waals surface area contributed by atoms with Gasteiger partial charge >= 0.3 is 0 Å². The van der Waals surface area contributed by atoms with Crippen molar-refractivity contribution >= 4 is 23.2 Å². The van der Waals surface area contributed by atoms with Crippen LogP contribution in [-0.4, -0.2) is 36.5 Å². The summed E-state index contributed by atoms with van der Waals surface area (Å²) in [4.78, 5) is 14.6. The van der Waals surface area contributed by atoms with E-state index in [0.29, 0.717) is 16.3 Å². The zero-order valence-electron chi connectivity index (χ0n) is 11.9. The maximum absolute atomic E-state index is 12.2. The predicted molar refractivity (Wildman–Crippen MR) is 83.1 cm³/mol. The number of nitrogen functional groups attached to an aromatic ring is 1. The summed E-state index contributed by atoms with van der Waals surface area (Å²) in [5.41, 5.74) is 6.77. The Labute approximate surface area is 125 Å². The van der Waals surface area contributed by atoms with Crippen LogP contribution in [0.15, 0.2) is 18.2 Å². The number of rotatable bonds is 4. The molecule has 0 aliphatic carbocycles. The minimum Gasteiger partial charge on any atom is -0.398 e. The zero-order chi connectivity index (χ0) is 14.5. The SMILES string of the molecule is CCCN1CCC(NC(=O)c2ccc(Cl)cc2N)CC1. The van der Waals surface area contributed by atoms with Gasteiger partial charge in [0.15, 0.2) is 0 Å². The highest BCUT2D eigenvalue weighted by Gasteiger charge is 2.21. The molecule has 2 rings (SSSR count). The first-order chi connectivity index (χ1) is 9.60. The first-order valence-corrected chi connectivity index (χ1v) is 7.56. The molecule has 0 unspecified atom stereocenters. The fourth-order valence-electron chi connectivity index (χ4n) is 2.62. The number of hydrogen-bond donors (Lipinski definition) is 2. The minimum atomic E-state index is -0.104. The molecule has 1 heterocycles. The van der Waals surface area contributed by atoms with Gasteiger partial charge in [0, 0.05) is 29.8 Å². The molecule has 110 valence electrons. The van der Waals surface area contributed by atoms with Crippen molar-refractivity contribution in [2.24, 2.45) is 0 Å². The van der Waals surface area contributed by atoms with Crippen molar-refractivity contribution in [3.8, 4) is 0 Å². The Hall–Kier alpha value is -1.26. The first-order valence-electron chi connectivity index (χ1n) is 7.18. The van der Waals surface area contributed by atoms with Crippen molar-refractivity contribution in [1.29, 1.82) is 0 Å². The van der Waals surface area contributed by atoms with Gasteiger partial charge < -0.3 is 16.0 Å². The predicted octanol–water partition coefficient (Wildman–Crippen LogP) is 2.53. The number of anilines is 1. The van der Waals surface area contributed by atoms with E-state index in [1.807, 2.05) is 0 Å². The van der Waals surface area contributed by atoms with E-state index in [2.05, 4.69) is 17.1 Å². The highest BCUT2D eigenvalue weighted by atomic mass is 35.5. The first kappa shape index (κ1) is 15.1. The molecule has 0 saturated carbocycles. The molecule has 1 amide bonds. The smallest absolute Gasteiger partial charge is 0.253 e. The third-order valence-electron chi connectivity index (χ3n) is 3.72. The Morgan fingerprint density at radius 1 is 1.45 bits per heavy atom. The van der Waals surface area contributed by atoms with Crippen LogP contribution in [0, 0.1) is 0 Å². The molecule has 1 fully saturated rings. The Bertz CT molecular complexity index is 470. The van der Waals surface area contributed by atoms with E-state index in [-0.39, 0.29) is 11.9 Å². The number of benzene rings is 1. The minimum absolute atomic E-state index is 0.104. The Morgan fingerprint density at radius 2 is 2.15 bits per heavy atom. The van der Waals surface area contributed by atoms with Gasteiger partial charge in [0.2, 0.25) is 0 Å². The Morgan fingerprint density at radius 3 is 2.75 bits per heavy atom. The van der Waals surface area contributed by atoms with E-state index in [0.717, 1.165) is 32.5 Å². The topological polar surface area (TPSA) is 58.4 Å². The maximum atomic E-state index is 12.2. The van der Waals surface area contributed by atoms with Crippen molar-refractivity contribution in [2.75, 3.05) is 25.4 Å². The number of amides is 1. The van der Waals surface area contributed by atoms with Gasteiger partial charge in [-0.25, -0.2) is 0 Å². The van der Waals surface area contributed by atoms with Crippen LogP contribution < -0.4 is 11.1 Å². The molecular weight excluding hydrogens is 274 g/mol. The maximum Gasteiger partial charge on any atom is 0.253 e. The molecule has 1 aliphatic heterocycles. The van der Waals surface area contributed by atoms with Crippen molar-refractivity contribution < 1.29 is 4.79 Å². The number of carbonyl (C=O) groups is 1. The van der Waals surface area contributed by atoms with Crippen molar-refractivity contribution in [3.05, 3.63) is 28.8 Å². The highest BCUT2D eigenvalue weighted by molar-refractivity contribution is 6.31. The van der Waals surface area contributed by atoms with Crippen molar-refractivity contribution in [2.45, 2.75) is 32.2 Å². The summed E-state index contributed by atoms with van der Waals surface area (Å²) in [7, 11) is 0. The molecule has 0 radical (unpaired) electrons. The fraction of sp³-hybridized carbons (Fsp3) is 0.533. The van der Waals surface area contributed by atoms with Crippen LogP contribution in [0.4, 0.5) is 5.69 Å². The van der Waals surface area contributed by atoms with E-state index in [4.69, 9.17) is 17.3 Å². The molecule has 1 aromatic rings. The average molecular weight is 296 g/mol. The Kier molecular flexibility index (Phi) is 5.26. The van der Waals surface area contributed by atoms with Crippen LogP contribution in [-0.2, 0) is 0 Å². The number of carbonyl (C=O) groups excluding carboxylic acids is 1. The number of piperidine rings is 1. The lowest BCUT2D eigenvalue weighted by Gasteiger charge is -2.32. The molecular formula is C15H22ClN3O. The van der Waals surface area contributed by atoms with Gasteiger partial charge in [-0.05, 0) is 44.0 Å². The lowest BCUT2D eigenvalue weighted by Crippen LogP contribution is -2.44. The second-order valence-corrected chi connectivity index (χ2v) is 5.76. The number of halogens is 1. The van der Waals surface area contributed by atoms with Crippen LogP contribution in [0.5, 0.6) is 0 Å². The standard InChI is InChI=1S/C15H22ClN3O/c1-2-7-19-8-5-12(6-9-19)18-15(20)13-4-3-11(16)10-14(13)17/h3-4,10,12H,2,5-9,17H2,1H3,(H,18,20). The molecule has 0 spiro atoms. The third-order valence-corrected chi connectivity index (χ3v) is 3.96. The largest absolute Gasteiger partial charge is 0.398 e. The molecule has 1 aliphatic rings. The highest BCUT2D eigenvalue weighted by Crippen LogP contribution is 2.19. The van der Waals surface area contributed by atoms with Gasteiger partial charge in [-0.15, -0.1) is 0 Å². The van der Waals surface area contributed by atoms with Gasteiger partial charge in [0.25, 0.3) is 5.91 Å². The van der Waals surface area contributed by atoms with E-state index < -0.39 is 0 Å². The number of hydrogen-bond acceptors (Lipinski definition) is 3. The number of nitrogens with two attached hydrogens (primary N) is 1. The molecule has 1 saturated heterocycles. The molecule has 3 N–H and O–H groups in total. The van der Waals surface area contributed by atoms with Gasteiger partial charge in [0.1, 0.15) is 0 Å². The lowest BCUT2D eigenvalue weighted by atomic mass is 10.0. The van der Waals surface area contributed by atoms with Gasteiger partial charge in [0.05, 0.1) is 5.56 Å². The van der Waals surface area contributed by atoms with Gasteiger partial charge in [-0.1, -0.05) is 18.5 Å². The van der Waals surface area contributed by atoms with Crippen LogP contribution in [0.25, 0.3) is 0 Å². The second kappa shape index (κ2) is 6.95. The summed E-state index contributed by atoms with van der Waals surface area (Å²) < 4.78 is 0. The Balaban J connectivity index is 1.89. The third kappa shape index (κ3) is 3.87. The van der Waals surface area contributed by atoms with Crippen LogP contribution >= 0.6 is 11.6 Å². The van der Waals surface area contributed by atoms with Crippen molar-refractivity contribution in [3.63, 3.8) is 0 Å². The summed E-state index contributed by atoms with van der Waals surface area (Å²) in [6.07, 6.45) is 3.18. The lowest BCUT2D eigenvalue weighted by molar-refractivity contribution is 0.0912. The summed E-state index contributed by atoms with van der Waals surface area (Å²) in [6.45, 7) is 5.44. The average Bonchev–Trinajstić information content (AvgIpc) is 2.41. The van der Waals surface area contributed by atoms with E-state index >= 15 is 0 Å². The van der Waals surface area contributed by atoms with E-state index in [9.17, 15) is 4.79 Å². The normalized spacial score (nSPS) is 17.1. The van der Waals surface area contributed by atoms with Crippen molar-refractivity contribution in [1.82, 2.24) is 10.2 Å². The van der Waals surface area contributed by atoms with Crippen LogP contribution in [0.2, 0.25) is 5.02 Å². The zero-order valence-corrected chi connectivity index (χ0v) is 12.6. The molecule has 1 aromatic carbocycles. The monoisotopic (exact) mass is 295 g/mol. The number of nitrogens with one attached hydrogen (secondary N) is 1. The molecule has 0 atom stereocenters. The summed E-state index contributed by atoms with van der Waals surface area (Å²) in [5.74, 6) is -0.104. The summed E-state index contributed by atoms with van der Waals surface area (Å²) >= 11 is 5.84. The quantitative estimate of drug-likeness (QED) is 0.839. The molecule has 0 bridgehead atoms. The van der Waals surface area contributed by atoms with E-state index in [1.165, 1.54) is 6.42 Å². The summed E-state index contributed by atoms with van der Waals surface area (Å²) in [6, 6.07) is 5.22. The molecule has 0 aromatic heterocycles. The van der Waals surface area contributed by atoms with Crippen LogP contribution in [0.3, 0.4) is 0 Å². The number of likely N-dealkylation sites (tertiary alicyclic amines) is 1. The van der Waals surface area contributed by atoms with Gasteiger partial charge in [-0.3, -0.25) is 4.79 Å². The van der Waals surface area contributed by atoms with Crippen LogP contribution in [0.1, 0.15) is 36.5 Å². The molecule has 4 nitrogen and oxygen atoms in total. The summed E-state index contributed by atoms with van der Waals surface area (Å²) in [5, 5.41) is 3.62. The number of nitrogens with zero attached hydrogens (tertiary/aromatic N) is 1. The molecule has 5 heteroatoms.